The van der Waals surface area contributed by atoms with Gasteiger partial charge in [0.1, 0.15) is 5.52 Å². The molecule has 2 aromatic rings. The van der Waals surface area contributed by atoms with Crippen molar-refractivity contribution in [2.45, 2.75) is 26.0 Å². The van der Waals surface area contributed by atoms with E-state index in [0.717, 1.165) is 16.7 Å². The fourth-order valence-corrected chi connectivity index (χ4v) is 1.73. The van der Waals surface area contributed by atoms with Crippen LogP contribution >= 0.6 is 0 Å². The zero-order chi connectivity index (χ0) is 11.7. The Balaban J connectivity index is 2.62. The number of nitrogens with zero attached hydrogens (tertiary/aromatic N) is 3. The average Bonchev–Trinajstić information content (AvgIpc) is 2.71. The summed E-state index contributed by atoms with van der Waals surface area (Å²) in [5, 5.41) is 9.77. The molecular formula is C11H16N4O. The van der Waals surface area contributed by atoms with Crippen LogP contribution in [0.15, 0.2) is 18.6 Å². The van der Waals surface area contributed by atoms with Gasteiger partial charge in [0.25, 0.3) is 0 Å². The molecule has 0 spiro atoms. The van der Waals surface area contributed by atoms with E-state index in [4.69, 9.17) is 5.73 Å². The predicted octanol–water partition coefficient (Wildman–Crippen LogP) is 1.00. The van der Waals surface area contributed by atoms with Crippen molar-refractivity contribution in [1.29, 1.82) is 0 Å². The summed E-state index contributed by atoms with van der Waals surface area (Å²) in [6, 6.07) is 2.06. The van der Waals surface area contributed by atoms with Crippen LogP contribution in [0.5, 0.6) is 0 Å². The lowest BCUT2D eigenvalue weighted by atomic mass is 10.1. The molecule has 2 heterocycles. The lowest BCUT2D eigenvalue weighted by Gasteiger charge is -2.10. The SMILES string of the molecule is CC(C)n1cnc2c(C(O)CN)ccnc21. The van der Waals surface area contributed by atoms with Crippen LogP contribution in [-0.4, -0.2) is 26.2 Å². The number of hydrogen-bond donors (Lipinski definition) is 2. The van der Waals surface area contributed by atoms with Crippen molar-refractivity contribution < 1.29 is 5.11 Å². The largest absolute Gasteiger partial charge is 0.387 e. The molecule has 0 radical (unpaired) electrons. The minimum atomic E-state index is -0.680. The first-order valence-electron chi connectivity index (χ1n) is 5.34. The zero-order valence-electron chi connectivity index (χ0n) is 9.46. The molecule has 2 aromatic heterocycles. The molecule has 16 heavy (non-hydrogen) atoms. The maximum Gasteiger partial charge on any atom is 0.160 e. The van der Waals surface area contributed by atoms with E-state index in [0.29, 0.717) is 6.04 Å². The van der Waals surface area contributed by atoms with E-state index in [1.807, 2.05) is 4.57 Å². The third-order valence-corrected chi connectivity index (χ3v) is 2.63. The summed E-state index contributed by atoms with van der Waals surface area (Å²) in [7, 11) is 0. The number of nitrogens with two attached hydrogens (primary N) is 1. The van der Waals surface area contributed by atoms with E-state index < -0.39 is 6.10 Å². The second-order valence-corrected chi connectivity index (χ2v) is 4.07. The summed E-state index contributed by atoms with van der Waals surface area (Å²) in [5.41, 5.74) is 7.72. The van der Waals surface area contributed by atoms with Crippen molar-refractivity contribution in [3.8, 4) is 0 Å². The van der Waals surface area contributed by atoms with E-state index >= 15 is 0 Å². The number of imidazole rings is 1. The van der Waals surface area contributed by atoms with Gasteiger partial charge in [0, 0.05) is 24.3 Å². The molecule has 5 nitrogen and oxygen atoms in total. The standard InChI is InChI=1S/C11H16N4O/c1-7(2)15-6-14-10-8(9(16)5-12)3-4-13-11(10)15/h3-4,6-7,9,16H,5,12H2,1-2H3. The fraction of sp³-hybridized carbons (Fsp3) is 0.455. The lowest BCUT2D eigenvalue weighted by Crippen LogP contribution is -2.12. The van der Waals surface area contributed by atoms with Crippen LogP contribution in [0.2, 0.25) is 0 Å². The summed E-state index contributed by atoms with van der Waals surface area (Å²) >= 11 is 0. The Labute approximate surface area is 93.9 Å². The topological polar surface area (TPSA) is 77.0 Å². The third-order valence-electron chi connectivity index (χ3n) is 2.63. The summed E-state index contributed by atoms with van der Waals surface area (Å²) in [6.45, 7) is 4.32. The molecule has 1 atom stereocenters. The molecule has 0 bridgehead atoms. The Kier molecular flexibility index (Phi) is 2.89. The van der Waals surface area contributed by atoms with Crippen molar-refractivity contribution in [3.05, 3.63) is 24.2 Å². The molecule has 0 saturated carbocycles. The van der Waals surface area contributed by atoms with E-state index in [9.17, 15) is 5.11 Å². The second kappa shape index (κ2) is 4.19. The molecule has 86 valence electrons. The molecule has 0 aliphatic rings. The van der Waals surface area contributed by atoms with E-state index in [2.05, 4.69) is 23.8 Å². The van der Waals surface area contributed by atoms with Crippen molar-refractivity contribution >= 4 is 11.2 Å². The van der Waals surface area contributed by atoms with Crippen LogP contribution in [0, 0.1) is 0 Å². The van der Waals surface area contributed by atoms with Crippen molar-refractivity contribution in [1.82, 2.24) is 14.5 Å². The smallest absolute Gasteiger partial charge is 0.160 e. The normalized spacial score (nSPS) is 13.6. The molecule has 2 rings (SSSR count). The Morgan fingerprint density at radius 1 is 1.44 bits per heavy atom. The first-order valence-corrected chi connectivity index (χ1v) is 5.34. The van der Waals surface area contributed by atoms with Gasteiger partial charge in [0.15, 0.2) is 5.65 Å². The third kappa shape index (κ3) is 1.68. The molecule has 0 fully saturated rings. The van der Waals surface area contributed by atoms with Gasteiger partial charge >= 0.3 is 0 Å². The van der Waals surface area contributed by atoms with Gasteiger partial charge < -0.3 is 15.4 Å². The highest BCUT2D eigenvalue weighted by molar-refractivity contribution is 5.75. The van der Waals surface area contributed by atoms with Crippen molar-refractivity contribution in [3.63, 3.8) is 0 Å². The van der Waals surface area contributed by atoms with Gasteiger partial charge in [-0.2, -0.15) is 0 Å². The monoisotopic (exact) mass is 220 g/mol. The number of aliphatic hydroxyl groups excluding tert-OH is 1. The first kappa shape index (κ1) is 11.0. The fourth-order valence-electron chi connectivity index (χ4n) is 1.73. The van der Waals surface area contributed by atoms with Gasteiger partial charge in [0.05, 0.1) is 12.4 Å². The van der Waals surface area contributed by atoms with Crippen LogP contribution in [-0.2, 0) is 0 Å². The van der Waals surface area contributed by atoms with Gasteiger partial charge in [-0.1, -0.05) is 0 Å². The summed E-state index contributed by atoms with van der Waals surface area (Å²) < 4.78 is 1.97. The maximum absolute atomic E-state index is 9.77. The minimum Gasteiger partial charge on any atom is -0.387 e. The highest BCUT2D eigenvalue weighted by Crippen LogP contribution is 2.22. The summed E-state index contributed by atoms with van der Waals surface area (Å²) in [5.74, 6) is 0. The number of hydrogen-bond acceptors (Lipinski definition) is 4. The highest BCUT2D eigenvalue weighted by Gasteiger charge is 2.14. The quantitative estimate of drug-likeness (QED) is 0.809. The average molecular weight is 220 g/mol. The van der Waals surface area contributed by atoms with Gasteiger partial charge in [0.2, 0.25) is 0 Å². The van der Waals surface area contributed by atoms with Gasteiger partial charge in [-0.15, -0.1) is 0 Å². The lowest BCUT2D eigenvalue weighted by molar-refractivity contribution is 0.188. The zero-order valence-corrected chi connectivity index (χ0v) is 9.46. The number of fused-ring (bicyclic) bond motifs is 1. The second-order valence-electron chi connectivity index (χ2n) is 4.07. The number of rotatable bonds is 3. The molecule has 0 aliphatic heterocycles. The van der Waals surface area contributed by atoms with Gasteiger partial charge in [-0.05, 0) is 19.9 Å². The van der Waals surface area contributed by atoms with Gasteiger partial charge in [-0.25, -0.2) is 9.97 Å². The van der Waals surface area contributed by atoms with Crippen LogP contribution in [0.25, 0.3) is 11.2 Å². The molecule has 1 unspecified atom stereocenters. The molecule has 0 saturated heterocycles. The van der Waals surface area contributed by atoms with Crippen molar-refractivity contribution in [2.24, 2.45) is 5.73 Å². The molecule has 0 aromatic carbocycles. The summed E-state index contributed by atoms with van der Waals surface area (Å²) in [4.78, 5) is 8.58. The molecular weight excluding hydrogens is 204 g/mol. The molecule has 0 aliphatic carbocycles. The minimum absolute atomic E-state index is 0.188. The van der Waals surface area contributed by atoms with Crippen LogP contribution in [0.1, 0.15) is 31.6 Å². The molecule has 5 heteroatoms. The maximum atomic E-state index is 9.77. The number of aliphatic hydroxyl groups is 1. The van der Waals surface area contributed by atoms with Crippen LogP contribution in [0.3, 0.4) is 0 Å². The van der Waals surface area contributed by atoms with Crippen molar-refractivity contribution in [2.75, 3.05) is 6.54 Å². The Morgan fingerprint density at radius 2 is 2.19 bits per heavy atom. The van der Waals surface area contributed by atoms with E-state index in [1.54, 1.807) is 18.6 Å². The number of pyridine rings is 1. The van der Waals surface area contributed by atoms with Crippen LogP contribution < -0.4 is 5.73 Å². The Bertz CT molecular complexity index is 492. The van der Waals surface area contributed by atoms with Gasteiger partial charge in [-0.3, -0.25) is 0 Å². The first-order chi connectivity index (χ1) is 7.65. The molecule has 0 amide bonds. The highest BCUT2D eigenvalue weighted by atomic mass is 16.3. The Hall–Kier alpha value is -1.46. The Morgan fingerprint density at radius 3 is 2.81 bits per heavy atom. The molecule has 3 N–H and O–H groups in total. The van der Waals surface area contributed by atoms with E-state index in [1.165, 1.54) is 0 Å². The number of aromatic nitrogens is 3. The summed E-state index contributed by atoms with van der Waals surface area (Å²) in [6.07, 6.45) is 2.74. The van der Waals surface area contributed by atoms with Crippen LogP contribution in [0.4, 0.5) is 0 Å². The van der Waals surface area contributed by atoms with E-state index in [-0.39, 0.29) is 6.54 Å². The predicted molar refractivity (Wildman–Crippen MR) is 61.9 cm³/mol.